The lowest BCUT2D eigenvalue weighted by atomic mass is 10.1. The van der Waals surface area contributed by atoms with Crippen molar-refractivity contribution in [2.24, 2.45) is 7.05 Å². The number of benzene rings is 1. The van der Waals surface area contributed by atoms with Crippen LogP contribution in [0.5, 0.6) is 0 Å². The van der Waals surface area contributed by atoms with E-state index >= 15 is 0 Å². The number of nitrogens with zero attached hydrogens (tertiary/aromatic N) is 2. The van der Waals surface area contributed by atoms with Gasteiger partial charge >= 0.3 is 0 Å². The van der Waals surface area contributed by atoms with Gasteiger partial charge in [0, 0.05) is 37.3 Å². The Balaban J connectivity index is 2.09. The molecule has 0 spiro atoms. The zero-order valence-corrected chi connectivity index (χ0v) is 12.9. The fraction of sp³-hybridized carbons (Fsp3) is 0.235. The fourth-order valence-corrected chi connectivity index (χ4v) is 2.72. The Kier molecular flexibility index (Phi) is 3.73. The number of para-hydroxylation sites is 2. The molecular formula is C17H17N3O3. The molecular weight excluding hydrogens is 294 g/mol. The molecule has 23 heavy (non-hydrogen) atoms. The standard InChI is InChI=1S/C17H17N3O3/c1-11-9-15(21)18-13-5-3-4-6-14(13)20(11)17(23)12-7-8-19(2)16(22)10-12/h3-8,10-11H,9H2,1-2H3,(H,18,21). The minimum Gasteiger partial charge on any atom is -0.324 e. The van der Waals surface area contributed by atoms with Crippen LogP contribution in [0.4, 0.5) is 11.4 Å². The SMILES string of the molecule is CC1CC(=O)Nc2ccccc2N1C(=O)c1ccn(C)c(=O)c1. The molecule has 0 saturated heterocycles. The summed E-state index contributed by atoms with van der Waals surface area (Å²) in [5.74, 6) is -0.427. The van der Waals surface area contributed by atoms with Gasteiger partial charge in [-0.15, -0.1) is 0 Å². The molecule has 3 rings (SSSR count). The van der Waals surface area contributed by atoms with Gasteiger partial charge in [0.05, 0.1) is 11.4 Å². The number of aryl methyl sites for hydroxylation is 1. The van der Waals surface area contributed by atoms with Gasteiger partial charge in [-0.1, -0.05) is 12.1 Å². The van der Waals surface area contributed by atoms with Crippen molar-refractivity contribution in [1.29, 1.82) is 0 Å². The second-order valence-electron chi connectivity index (χ2n) is 5.66. The van der Waals surface area contributed by atoms with E-state index in [-0.39, 0.29) is 29.8 Å². The molecule has 6 nitrogen and oxygen atoms in total. The maximum Gasteiger partial charge on any atom is 0.258 e. The van der Waals surface area contributed by atoms with E-state index in [1.807, 2.05) is 13.0 Å². The zero-order chi connectivity index (χ0) is 16.6. The number of nitrogens with one attached hydrogen (secondary N) is 1. The monoisotopic (exact) mass is 311 g/mol. The van der Waals surface area contributed by atoms with E-state index < -0.39 is 0 Å². The number of anilines is 2. The van der Waals surface area contributed by atoms with Gasteiger partial charge in [-0.25, -0.2) is 0 Å². The van der Waals surface area contributed by atoms with E-state index in [1.54, 1.807) is 42.4 Å². The molecule has 0 bridgehead atoms. The van der Waals surface area contributed by atoms with E-state index in [0.717, 1.165) is 0 Å². The number of carbonyl (C=O) groups is 2. The summed E-state index contributed by atoms with van der Waals surface area (Å²) in [5.41, 5.74) is 1.29. The molecule has 0 radical (unpaired) electrons. The van der Waals surface area contributed by atoms with Gasteiger partial charge in [0.25, 0.3) is 11.5 Å². The molecule has 2 amide bonds. The highest BCUT2D eigenvalue weighted by Crippen LogP contribution is 2.32. The van der Waals surface area contributed by atoms with Crippen molar-refractivity contribution in [3.8, 4) is 0 Å². The number of amides is 2. The van der Waals surface area contributed by atoms with Gasteiger partial charge in [0.2, 0.25) is 5.91 Å². The van der Waals surface area contributed by atoms with E-state index in [4.69, 9.17) is 0 Å². The van der Waals surface area contributed by atoms with Crippen LogP contribution in [0, 0.1) is 0 Å². The molecule has 0 fully saturated rings. The lowest BCUT2D eigenvalue weighted by Gasteiger charge is -2.27. The van der Waals surface area contributed by atoms with Crippen LogP contribution in [0.2, 0.25) is 0 Å². The number of pyridine rings is 1. The van der Waals surface area contributed by atoms with E-state index in [9.17, 15) is 14.4 Å². The number of rotatable bonds is 1. The highest BCUT2D eigenvalue weighted by Gasteiger charge is 2.30. The smallest absolute Gasteiger partial charge is 0.258 e. The molecule has 2 heterocycles. The average Bonchev–Trinajstić information content (AvgIpc) is 2.63. The molecule has 1 aliphatic heterocycles. The highest BCUT2D eigenvalue weighted by molar-refractivity contribution is 6.11. The maximum atomic E-state index is 12.9. The molecule has 6 heteroatoms. The van der Waals surface area contributed by atoms with Crippen molar-refractivity contribution in [3.05, 3.63) is 58.5 Å². The van der Waals surface area contributed by atoms with Crippen LogP contribution in [0.25, 0.3) is 0 Å². The second-order valence-corrected chi connectivity index (χ2v) is 5.66. The third-order valence-electron chi connectivity index (χ3n) is 3.93. The summed E-state index contributed by atoms with van der Waals surface area (Å²) in [6, 6.07) is 9.78. The highest BCUT2D eigenvalue weighted by atomic mass is 16.2. The number of fused-ring (bicyclic) bond motifs is 1. The maximum absolute atomic E-state index is 12.9. The summed E-state index contributed by atoms with van der Waals surface area (Å²) in [4.78, 5) is 38.3. The van der Waals surface area contributed by atoms with Crippen molar-refractivity contribution in [2.75, 3.05) is 10.2 Å². The first-order valence-corrected chi connectivity index (χ1v) is 7.36. The number of hydrogen-bond donors (Lipinski definition) is 1. The van der Waals surface area contributed by atoms with Crippen molar-refractivity contribution in [3.63, 3.8) is 0 Å². The third-order valence-corrected chi connectivity index (χ3v) is 3.93. The van der Waals surface area contributed by atoms with Crippen molar-refractivity contribution in [1.82, 2.24) is 4.57 Å². The summed E-state index contributed by atoms with van der Waals surface area (Å²) in [6.07, 6.45) is 1.76. The van der Waals surface area contributed by atoms with E-state index in [1.165, 1.54) is 10.6 Å². The molecule has 2 aromatic rings. The lowest BCUT2D eigenvalue weighted by molar-refractivity contribution is -0.116. The summed E-state index contributed by atoms with van der Waals surface area (Å²) >= 11 is 0. The zero-order valence-electron chi connectivity index (χ0n) is 12.9. The minimum atomic E-state index is -0.310. The van der Waals surface area contributed by atoms with Crippen molar-refractivity contribution in [2.45, 2.75) is 19.4 Å². The molecule has 1 unspecified atom stereocenters. The molecule has 118 valence electrons. The number of carbonyl (C=O) groups excluding carboxylic acids is 2. The lowest BCUT2D eigenvalue weighted by Crippen LogP contribution is -2.39. The summed E-state index contributed by atoms with van der Waals surface area (Å²) < 4.78 is 1.40. The Morgan fingerprint density at radius 3 is 2.70 bits per heavy atom. The molecule has 0 aliphatic carbocycles. The van der Waals surface area contributed by atoms with Crippen LogP contribution in [0.3, 0.4) is 0 Å². The van der Waals surface area contributed by atoms with Crippen molar-refractivity contribution >= 4 is 23.2 Å². The summed E-state index contributed by atoms with van der Waals surface area (Å²) in [7, 11) is 1.63. The van der Waals surface area contributed by atoms with Gasteiger partial charge in [0.1, 0.15) is 0 Å². The van der Waals surface area contributed by atoms with Gasteiger partial charge in [-0.2, -0.15) is 0 Å². The van der Waals surface area contributed by atoms with Gasteiger partial charge in [0.15, 0.2) is 0 Å². The van der Waals surface area contributed by atoms with Crippen LogP contribution in [-0.2, 0) is 11.8 Å². The summed E-state index contributed by atoms with van der Waals surface area (Å²) in [5, 5.41) is 2.81. The Morgan fingerprint density at radius 1 is 1.22 bits per heavy atom. The first-order chi connectivity index (χ1) is 11.0. The molecule has 1 aliphatic rings. The number of hydrogen-bond acceptors (Lipinski definition) is 3. The van der Waals surface area contributed by atoms with Crippen LogP contribution >= 0.6 is 0 Å². The first-order valence-electron chi connectivity index (χ1n) is 7.36. The minimum absolute atomic E-state index is 0.135. The summed E-state index contributed by atoms with van der Waals surface area (Å²) in [6.45, 7) is 1.82. The first kappa shape index (κ1) is 15.0. The predicted molar refractivity (Wildman–Crippen MR) is 87.6 cm³/mol. The van der Waals surface area contributed by atoms with E-state index in [2.05, 4.69) is 5.32 Å². The largest absolute Gasteiger partial charge is 0.324 e. The average molecular weight is 311 g/mol. The van der Waals surface area contributed by atoms with Gasteiger partial charge < -0.3 is 14.8 Å². The Bertz CT molecular complexity index is 841. The fourth-order valence-electron chi connectivity index (χ4n) is 2.72. The molecule has 1 N–H and O–H groups in total. The normalized spacial score (nSPS) is 17.2. The Hall–Kier alpha value is -2.89. The Morgan fingerprint density at radius 2 is 1.96 bits per heavy atom. The Labute approximate surface area is 133 Å². The van der Waals surface area contributed by atoms with Crippen molar-refractivity contribution < 1.29 is 9.59 Å². The van der Waals surface area contributed by atoms with Crippen LogP contribution < -0.4 is 15.8 Å². The third kappa shape index (κ3) is 2.75. The van der Waals surface area contributed by atoms with Crippen LogP contribution in [0.1, 0.15) is 23.7 Å². The molecule has 1 atom stereocenters. The molecule has 1 aromatic carbocycles. The van der Waals surface area contributed by atoms with Gasteiger partial charge in [-0.05, 0) is 25.1 Å². The quantitative estimate of drug-likeness (QED) is 0.872. The topological polar surface area (TPSA) is 71.4 Å². The van der Waals surface area contributed by atoms with Crippen LogP contribution in [-0.4, -0.2) is 22.4 Å². The second kappa shape index (κ2) is 5.72. The number of aromatic nitrogens is 1. The molecule has 0 saturated carbocycles. The van der Waals surface area contributed by atoms with Gasteiger partial charge in [-0.3, -0.25) is 14.4 Å². The van der Waals surface area contributed by atoms with E-state index in [0.29, 0.717) is 16.9 Å². The predicted octanol–water partition coefficient (Wildman–Crippen LogP) is 1.76. The molecule has 1 aromatic heterocycles. The van der Waals surface area contributed by atoms with Crippen LogP contribution in [0.15, 0.2) is 47.4 Å².